The van der Waals surface area contributed by atoms with E-state index in [-0.39, 0.29) is 0 Å². The molecule has 0 atom stereocenters. The molecule has 6 aromatic rings. The van der Waals surface area contributed by atoms with Crippen LogP contribution in [0.4, 0.5) is 0 Å². The molecule has 0 bridgehead atoms. The van der Waals surface area contributed by atoms with Crippen molar-refractivity contribution < 1.29 is 4.57 Å². The fourth-order valence-corrected chi connectivity index (χ4v) is 5.05. The van der Waals surface area contributed by atoms with Crippen LogP contribution < -0.4 is 4.57 Å². The standard InChI is InChI=1S/C32H26N3/c1-23-22-33-21-20-26(23)32-34(2)29-18-9-10-19-30(29)35(32)31-27(24-12-5-3-6-13-24)16-11-17-28(31)25-14-7-4-8-15-25/h3-22H,1-2H3/q+1. The van der Waals surface area contributed by atoms with Gasteiger partial charge < -0.3 is 0 Å². The first kappa shape index (κ1) is 21.1. The van der Waals surface area contributed by atoms with Crippen LogP contribution in [0.25, 0.3) is 50.4 Å². The van der Waals surface area contributed by atoms with Crippen LogP contribution in [0, 0.1) is 6.92 Å². The number of aryl methyl sites for hydroxylation is 2. The third kappa shape index (κ3) is 3.53. The quantitative estimate of drug-likeness (QED) is 0.260. The van der Waals surface area contributed by atoms with Gasteiger partial charge in [0.15, 0.2) is 11.0 Å². The Balaban J connectivity index is 1.81. The summed E-state index contributed by atoms with van der Waals surface area (Å²) < 4.78 is 4.73. The summed E-state index contributed by atoms with van der Waals surface area (Å²) in [5, 5.41) is 0. The lowest BCUT2D eigenvalue weighted by Gasteiger charge is -2.15. The molecule has 0 fully saturated rings. The molecule has 3 heteroatoms. The number of nitrogens with zero attached hydrogens (tertiary/aromatic N) is 3. The van der Waals surface area contributed by atoms with Crippen molar-refractivity contribution >= 4 is 11.0 Å². The summed E-state index contributed by atoms with van der Waals surface area (Å²) in [4.78, 5) is 4.37. The Morgan fingerprint density at radius 3 is 1.86 bits per heavy atom. The molecule has 35 heavy (non-hydrogen) atoms. The summed E-state index contributed by atoms with van der Waals surface area (Å²) in [5.74, 6) is 1.13. The summed E-state index contributed by atoms with van der Waals surface area (Å²) in [6.07, 6.45) is 3.82. The first-order valence-corrected chi connectivity index (χ1v) is 11.9. The zero-order valence-corrected chi connectivity index (χ0v) is 19.9. The summed E-state index contributed by atoms with van der Waals surface area (Å²) in [6.45, 7) is 2.13. The zero-order valence-electron chi connectivity index (χ0n) is 19.9. The van der Waals surface area contributed by atoms with Crippen LogP contribution in [0.5, 0.6) is 0 Å². The lowest BCUT2D eigenvalue weighted by molar-refractivity contribution is -0.633. The average molecular weight is 453 g/mol. The SMILES string of the molecule is Cc1cnccc1-c1n(-c2c(-c3ccccc3)cccc2-c2ccccc2)c2ccccc2[n+]1C. The molecule has 0 N–H and O–H groups in total. The third-order valence-electron chi connectivity index (χ3n) is 6.70. The van der Waals surface area contributed by atoms with Gasteiger partial charge in [0.2, 0.25) is 0 Å². The van der Waals surface area contributed by atoms with Crippen molar-refractivity contribution in [2.24, 2.45) is 7.05 Å². The highest BCUT2D eigenvalue weighted by atomic mass is 15.2. The number of pyridine rings is 1. The van der Waals surface area contributed by atoms with Gasteiger partial charge in [0, 0.05) is 23.5 Å². The normalized spacial score (nSPS) is 11.1. The second-order valence-electron chi connectivity index (χ2n) is 8.83. The number of fused-ring (bicyclic) bond motifs is 1. The Labute approximate surface area is 205 Å². The smallest absolute Gasteiger partial charge is 0.264 e. The van der Waals surface area contributed by atoms with Gasteiger partial charge in [-0.2, -0.15) is 4.57 Å². The molecule has 0 saturated heterocycles. The Hall–Kier alpha value is -4.50. The number of rotatable bonds is 4. The van der Waals surface area contributed by atoms with Gasteiger partial charge in [-0.15, -0.1) is 0 Å². The van der Waals surface area contributed by atoms with Gasteiger partial charge in [-0.3, -0.25) is 4.98 Å². The predicted octanol–water partition coefficient (Wildman–Crippen LogP) is 7.16. The van der Waals surface area contributed by atoms with Gasteiger partial charge in [-0.25, -0.2) is 4.57 Å². The lowest BCUT2D eigenvalue weighted by atomic mass is 9.95. The molecule has 0 saturated carbocycles. The van der Waals surface area contributed by atoms with Crippen LogP contribution in [0.3, 0.4) is 0 Å². The first-order chi connectivity index (χ1) is 17.2. The van der Waals surface area contributed by atoms with Crippen LogP contribution in [0.2, 0.25) is 0 Å². The molecule has 0 unspecified atom stereocenters. The van der Waals surface area contributed by atoms with E-state index in [1.807, 2.05) is 12.4 Å². The molecular weight excluding hydrogens is 426 g/mol. The molecule has 6 rings (SSSR count). The zero-order chi connectivity index (χ0) is 23.8. The van der Waals surface area contributed by atoms with Gasteiger partial charge in [0.25, 0.3) is 5.82 Å². The van der Waals surface area contributed by atoms with Crippen molar-refractivity contribution in [1.29, 1.82) is 0 Å². The molecule has 0 radical (unpaired) electrons. The van der Waals surface area contributed by atoms with Crippen molar-refractivity contribution in [1.82, 2.24) is 9.55 Å². The summed E-state index contributed by atoms with van der Waals surface area (Å²) >= 11 is 0. The van der Waals surface area contributed by atoms with E-state index >= 15 is 0 Å². The Bertz CT molecular complexity index is 1590. The molecule has 168 valence electrons. The van der Waals surface area contributed by atoms with E-state index in [1.54, 1.807) is 0 Å². The number of aromatic nitrogens is 3. The molecule has 0 aliphatic rings. The Morgan fingerprint density at radius 2 is 1.23 bits per heavy atom. The summed E-state index contributed by atoms with van der Waals surface area (Å²) in [6, 6.07) is 38.7. The maximum Gasteiger partial charge on any atom is 0.295 e. The monoisotopic (exact) mass is 452 g/mol. The largest absolute Gasteiger partial charge is 0.295 e. The predicted molar refractivity (Wildman–Crippen MR) is 143 cm³/mol. The number of imidazole rings is 1. The van der Waals surface area contributed by atoms with Gasteiger partial charge in [0.1, 0.15) is 5.69 Å². The van der Waals surface area contributed by atoms with Gasteiger partial charge >= 0.3 is 0 Å². The average Bonchev–Trinajstić information content (AvgIpc) is 3.21. The molecule has 2 aromatic heterocycles. The van der Waals surface area contributed by atoms with Crippen molar-refractivity contribution in [3.63, 3.8) is 0 Å². The van der Waals surface area contributed by atoms with Crippen LogP contribution in [-0.2, 0) is 7.05 Å². The van der Waals surface area contributed by atoms with Crippen LogP contribution in [-0.4, -0.2) is 9.55 Å². The second kappa shape index (κ2) is 8.69. The second-order valence-corrected chi connectivity index (χ2v) is 8.83. The van der Waals surface area contributed by atoms with Crippen molar-refractivity contribution in [2.45, 2.75) is 6.92 Å². The van der Waals surface area contributed by atoms with Crippen molar-refractivity contribution in [3.8, 4) is 39.3 Å². The topological polar surface area (TPSA) is 21.7 Å². The maximum atomic E-state index is 4.37. The van der Waals surface area contributed by atoms with Crippen molar-refractivity contribution in [3.05, 3.63) is 127 Å². The first-order valence-electron chi connectivity index (χ1n) is 11.9. The van der Waals surface area contributed by atoms with Gasteiger partial charge in [-0.05, 0) is 41.8 Å². The molecule has 0 amide bonds. The molecular formula is C32H26N3+. The number of para-hydroxylation sites is 3. The highest BCUT2D eigenvalue weighted by Crippen LogP contribution is 2.39. The number of hydrogen-bond donors (Lipinski definition) is 0. The van der Waals surface area contributed by atoms with E-state index < -0.39 is 0 Å². The van der Waals surface area contributed by atoms with Crippen molar-refractivity contribution in [2.75, 3.05) is 0 Å². The lowest BCUT2D eigenvalue weighted by Crippen LogP contribution is -2.30. The van der Waals surface area contributed by atoms with Crippen LogP contribution >= 0.6 is 0 Å². The Morgan fingerprint density at radius 1 is 0.629 bits per heavy atom. The highest BCUT2D eigenvalue weighted by Gasteiger charge is 2.30. The molecule has 4 aromatic carbocycles. The minimum atomic E-state index is 1.13. The molecule has 2 heterocycles. The van der Waals surface area contributed by atoms with Crippen LogP contribution in [0.15, 0.2) is 122 Å². The third-order valence-corrected chi connectivity index (χ3v) is 6.70. The van der Waals surface area contributed by atoms with Gasteiger partial charge in [0.05, 0.1) is 12.6 Å². The maximum absolute atomic E-state index is 4.37. The molecule has 0 spiro atoms. The summed E-state index contributed by atoms with van der Waals surface area (Å²) in [7, 11) is 2.15. The number of hydrogen-bond acceptors (Lipinski definition) is 1. The van der Waals surface area contributed by atoms with E-state index in [4.69, 9.17) is 0 Å². The fourth-order valence-electron chi connectivity index (χ4n) is 5.05. The van der Waals surface area contributed by atoms with E-state index in [9.17, 15) is 0 Å². The van der Waals surface area contributed by atoms with E-state index in [0.717, 1.165) is 11.4 Å². The van der Waals surface area contributed by atoms with E-state index in [0.29, 0.717) is 0 Å². The highest BCUT2D eigenvalue weighted by molar-refractivity contribution is 5.90. The molecule has 3 nitrogen and oxygen atoms in total. The van der Waals surface area contributed by atoms with Crippen LogP contribution in [0.1, 0.15) is 5.56 Å². The molecule has 0 aliphatic carbocycles. The number of benzene rings is 4. The Kier molecular flexibility index (Phi) is 5.23. The minimum Gasteiger partial charge on any atom is -0.264 e. The van der Waals surface area contributed by atoms with E-state index in [1.165, 1.54) is 44.5 Å². The van der Waals surface area contributed by atoms with Gasteiger partial charge in [-0.1, -0.05) is 91.0 Å². The summed E-state index contributed by atoms with van der Waals surface area (Å²) in [5.41, 5.74) is 10.6. The fraction of sp³-hybridized carbons (Fsp3) is 0.0625. The minimum absolute atomic E-state index is 1.13. The van der Waals surface area contributed by atoms with E-state index in [2.05, 4.69) is 137 Å². The molecule has 0 aliphatic heterocycles.